The Bertz CT molecular complexity index is 438. The molecular weight excluding hydrogens is 234 g/mol. The highest BCUT2D eigenvalue weighted by molar-refractivity contribution is 5.80. The van der Waals surface area contributed by atoms with Crippen molar-refractivity contribution in [1.29, 1.82) is 0 Å². The van der Waals surface area contributed by atoms with E-state index in [1.165, 1.54) is 11.1 Å². The molecule has 0 saturated heterocycles. The molecule has 0 atom stereocenters. The molecule has 3 nitrogen and oxygen atoms in total. The Hall–Kier alpha value is -1.77. The van der Waals surface area contributed by atoms with Gasteiger partial charge in [-0.3, -0.25) is 4.99 Å². The van der Waals surface area contributed by atoms with E-state index in [0.717, 1.165) is 31.8 Å². The molecule has 2 rings (SSSR count). The van der Waals surface area contributed by atoms with E-state index < -0.39 is 0 Å². The first-order chi connectivity index (χ1) is 9.28. The second-order valence-electron chi connectivity index (χ2n) is 5.02. The monoisotopic (exact) mass is 257 g/mol. The molecule has 1 aliphatic carbocycles. The topological polar surface area (TPSA) is 36.4 Å². The highest BCUT2D eigenvalue weighted by Crippen LogP contribution is 2.08. The van der Waals surface area contributed by atoms with Crippen LogP contribution < -0.4 is 10.6 Å². The van der Waals surface area contributed by atoms with Gasteiger partial charge >= 0.3 is 0 Å². The smallest absolute Gasteiger partial charge is 0.191 e. The average molecular weight is 257 g/mol. The molecule has 19 heavy (non-hydrogen) atoms. The van der Waals surface area contributed by atoms with E-state index in [2.05, 4.69) is 59.0 Å². The van der Waals surface area contributed by atoms with Crippen LogP contribution in [0, 0.1) is 6.92 Å². The van der Waals surface area contributed by atoms with Crippen LogP contribution in [0.3, 0.4) is 0 Å². The van der Waals surface area contributed by atoms with Gasteiger partial charge in [0.2, 0.25) is 0 Å². The third-order valence-corrected chi connectivity index (χ3v) is 3.40. The quantitative estimate of drug-likeness (QED) is 0.494. The summed E-state index contributed by atoms with van der Waals surface area (Å²) in [6.45, 7) is 3.02. The molecule has 2 N–H and O–H groups in total. The maximum Gasteiger partial charge on any atom is 0.191 e. The number of aliphatic imine (C=N–C) groups is 1. The van der Waals surface area contributed by atoms with Crippen molar-refractivity contribution in [3.63, 3.8) is 0 Å². The van der Waals surface area contributed by atoms with Gasteiger partial charge in [0.05, 0.1) is 0 Å². The van der Waals surface area contributed by atoms with Crippen molar-refractivity contribution in [1.82, 2.24) is 10.6 Å². The first-order valence-electron chi connectivity index (χ1n) is 6.95. The molecule has 1 aromatic carbocycles. The molecule has 0 amide bonds. The lowest BCUT2D eigenvalue weighted by Gasteiger charge is -2.16. The van der Waals surface area contributed by atoms with Gasteiger partial charge in [-0.2, -0.15) is 0 Å². The summed E-state index contributed by atoms with van der Waals surface area (Å²) in [4.78, 5) is 4.26. The van der Waals surface area contributed by atoms with Crippen molar-refractivity contribution in [2.24, 2.45) is 4.99 Å². The minimum atomic E-state index is 0.505. The highest BCUT2D eigenvalue weighted by Gasteiger charge is 2.11. The summed E-state index contributed by atoms with van der Waals surface area (Å²) in [6.07, 6.45) is 7.65. The zero-order valence-corrected chi connectivity index (χ0v) is 11.8. The van der Waals surface area contributed by atoms with Crippen LogP contribution >= 0.6 is 0 Å². The average Bonchev–Trinajstić information content (AvgIpc) is 2.93. The van der Waals surface area contributed by atoms with Crippen LogP contribution in [0.25, 0.3) is 0 Å². The SMILES string of the molecule is CN=C(NCCc1ccc(C)cc1)NC1CC=CC1. The van der Waals surface area contributed by atoms with Gasteiger partial charge in [-0.15, -0.1) is 0 Å². The molecule has 1 aliphatic rings. The first-order valence-corrected chi connectivity index (χ1v) is 6.95. The molecule has 0 aromatic heterocycles. The fourth-order valence-corrected chi connectivity index (χ4v) is 2.20. The second kappa shape index (κ2) is 6.98. The molecule has 0 saturated carbocycles. The molecule has 0 unspecified atom stereocenters. The van der Waals surface area contributed by atoms with Crippen LogP contribution in [-0.4, -0.2) is 25.6 Å². The number of hydrogen-bond acceptors (Lipinski definition) is 1. The molecular formula is C16H23N3. The van der Waals surface area contributed by atoms with Crippen molar-refractivity contribution in [3.8, 4) is 0 Å². The third-order valence-electron chi connectivity index (χ3n) is 3.40. The highest BCUT2D eigenvalue weighted by atomic mass is 15.2. The maximum absolute atomic E-state index is 4.26. The van der Waals surface area contributed by atoms with Gasteiger partial charge < -0.3 is 10.6 Å². The fourth-order valence-electron chi connectivity index (χ4n) is 2.20. The molecule has 0 spiro atoms. The van der Waals surface area contributed by atoms with E-state index in [4.69, 9.17) is 0 Å². The number of nitrogens with zero attached hydrogens (tertiary/aromatic N) is 1. The summed E-state index contributed by atoms with van der Waals surface area (Å²) in [6, 6.07) is 9.20. The molecule has 102 valence electrons. The summed E-state index contributed by atoms with van der Waals surface area (Å²) >= 11 is 0. The van der Waals surface area contributed by atoms with E-state index in [1.807, 2.05) is 7.05 Å². The zero-order chi connectivity index (χ0) is 13.5. The van der Waals surface area contributed by atoms with Crippen molar-refractivity contribution in [2.75, 3.05) is 13.6 Å². The van der Waals surface area contributed by atoms with Crippen LogP contribution in [-0.2, 0) is 6.42 Å². The van der Waals surface area contributed by atoms with Gasteiger partial charge in [0, 0.05) is 19.6 Å². The number of nitrogens with one attached hydrogen (secondary N) is 2. The fraction of sp³-hybridized carbons (Fsp3) is 0.438. The molecule has 0 radical (unpaired) electrons. The molecule has 1 aromatic rings. The van der Waals surface area contributed by atoms with Gasteiger partial charge in [0.1, 0.15) is 0 Å². The first kappa shape index (κ1) is 13.7. The van der Waals surface area contributed by atoms with Crippen molar-refractivity contribution >= 4 is 5.96 Å². The molecule has 0 heterocycles. The number of guanidine groups is 1. The standard InChI is InChI=1S/C16H23N3/c1-13-7-9-14(10-8-13)11-12-18-16(17-2)19-15-5-3-4-6-15/h3-4,7-10,15H,5-6,11-12H2,1-2H3,(H2,17,18,19). The number of aryl methyl sites for hydroxylation is 1. The van der Waals surface area contributed by atoms with Gasteiger partial charge in [-0.05, 0) is 31.7 Å². The van der Waals surface area contributed by atoms with Crippen molar-refractivity contribution in [2.45, 2.75) is 32.2 Å². The van der Waals surface area contributed by atoms with Gasteiger partial charge in [-0.1, -0.05) is 42.0 Å². The van der Waals surface area contributed by atoms with Crippen molar-refractivity contribution in [3.05, 3.63) is 47.5 Å². The van der Waals surface area contributed by atoms with Crippen LogP contribution in [0.1, 0.15) is 24.0 Å². The number of rotatable bonds is 4. The normalized spacial score (nSPS) is 15.8. The van der Waals surface area contributed by atoms with E-state index in [1.54, 1.807) is 0 Å². The Morgan fingerprint density at radius 3 is 2.53 bits per heavy atom. The number of hydrogen-bond donors (Lipinski definition) is 2. The summed E-state index contributed by atoms with van der Waals surface area (Å²) in [5.74, 6) is 0.904. The lowest BCUT2D eigenvalue weighted by Crippen LogP contribution is -2.43. The Morgan fingerprint density at radius 1 is 1.21 bits per heavy atom. The Balaban J connectivity index is 1.72. The lowest BCUT2D eigenvalue weighted by molar-refractivity contribution is 0.633. The second-order valence-corrected chi connectivity index (χ2v) is 5.02. The van der Waals surface area contributed by atoms with E-state index in [-0.39, 0.29) is 0 Å². The van der Waals surface area contributed by atoms with Gasteiger partial charge in [0.15, 0.2) is 5.96 Å². The Labute approximate surface area is 115 Å². The van der Waals surface area contributed by atoms with Crippen molar-refractivity contribution < 1.29 is 0 Å². The Kier molecular flexibility index (Phi) is 5.01. The summed E-state index contributed by atoms with van der Waals surface area (Å²) in [5.41, 5.74) is 2.67. The predicted molar refractivity (Wildman–Crippen MR) is 81.5 cm³/mol. The summed E-state index contributed by atoms with van der Waals surface area (Å²) < 4.78 is 0. The summed E-state index contributed by atoms with van der Waals surface area (Å²) in [7, 11) is 1.82. The maximum atomic E-state index is 4.26. The zero-order valence-electron chi connectivity index (χ0n) is 11.8. The van der Waals surface area contributed by atoms with Gasteiger partial charge in [-0.25, -0.2) is 0 Å². The largest absolute Gasteiger partial charge is 0.356 e. The molecule has 0 bridgehead atoms. The minimum absolute atomic E-state index is 0.505. The predicted octanol–water partition coefficient (Wildman–Crippen LogP) is 2.42. The van der Waals surface area contributed by atoms with Crippen LogP contribution in [0.5, 0.6) is 0 Å². The summed E-state index contributed by atoms with van der Waals surface area (Å²) in [5, 5.41) is 6.81. The lowest BCUT2D eigenvalue weighted by atomic mass is 10.1. The van der Waals surface area contributed by atoms with E-state index in [0.29, 0.717) is 6.04 Å². The molecule has 3 heteroatoms. The third kappa shape index (κ3) is 4.43. The van der Waals surface area contributed by atoms with Crippen LogP contribution in [0.2, 0.25) is 0 Å². The minimum Gasteiger partial charge on any atom is -0.356 e. The van der Waals surface area contributed by atoms with E-state index in [9.17, 15) is 0 Å². The molecule has 0 fully saturated rings. The van der Waals surface area contributed by atoms with Crippen LogP contribution in [0.4, 0.5) is 0 Å². The Morgan fingerprint density at radius 2 is 1.89 bits per heavy atom. The van der Waals surface area contributed by atoms with E-state index >= 15 is 0 Å². The van der Waals surface area contributed by atoms with Gasteiger partial charge in [0.25, 0.3) is 0 Å². The molecule has 0 aliphatic heterocycles. The number of benzene rings is 1. The van der Waals surface area contributed by atoms with Crippen LogP contribution in [0.15, 0.2) is 41.4 Å².